The molecule has 2 atom stereocenters. The Kier molecular flexibility index (Phi) is 6.45. The molecular formula is C18H33N3O2. The Balaban J connectivity index is 1.79. The maximum atomic E-state index is 12.4. The third-order valence-electron chi connectivity index (χ3n) is 5.31. The van der Waals surface area contributed by atoms with Crippen molar-refractivity contribution in [1.82, 2.24) is 9.80 Å². The van der Waals surface area contributed by atoms with Crippen LogP contribution in [0.3, 0.4) is 0 Å². The molecule has 0 aromatic carbocycles. The van der Waals surface area contributed by atoms with E-state index in [1.54, 1.807) is 0 Å². The zero-order valence-electron chi connectivity index (χ0n) is 15.0. The van der Waals surface area contributed by atoms with E-state index in [1.807, 2.05) is 4.90 Å². The van der Waals surface area contributed by atoms with E-state index in [-0.39, 0.29) is 11.9 Å². The molecule has 2 N–H and O–H groups in total. The van der Waals surface area contributed by atoms with Crippen LogP contribution in [0.5, 0.6) is 0 Å². The van der Waals surface area contributed by atoms with E-state index in [0.717, 1.165) is 51.7 Å². The summed E-state index contributed by atoms with van der Waals surface area (Å²) < 4.78 is 0. The highest BCUT2D eigenvalue weighted by atomic mass is 16.2. The Bertz CT molecular complexity index is 416. The minimum atomic E-state index is -0.191. The molecule has 2 aliphatic heterocycles. The van der Waals surface area contributed by atoms with E-state index < -0.39 is 0 Å². The van der Waals surface area contributed by atoms with Crippen LogP contribution < -0.4 is 5.73 Å². The number of nitrogens with two attached hydrogens (primary N) is 1. The van der Waals surface area contributed by atoms with Gasteiger partial charge in [0.15, 0.2) is 0 Å². The molecule has 0 saturated carbocycles. The number of rotatable bonds is 6. The lowest BCUT2D eigenvalue weighted by Gasteiger charge is -2.39. The average Bonchev–Trinajstić information content (AvgIpc) is 2.96. The minimum Gasteiger partial charge on any atom is -0.368 e. The van der Waals surface area contributed by atoms with Crippen LogP contribution >= 0.6 is 0 Å². The monoisotopic (exact) mass is 323 g/mol. The first kappa shape index (κ1) is 18.2. The molecule has 2 amide bonds. The Morgan fingerprint density at radius 2 is 1.74 bits per heavy atom. The smallest absolute Gasteiger partial charge is 0.234 e. The van der Waals surface area contributed by atoms with Crippen LogP contribution in [0.2, 0.25) is 0 Å². The predicted molar refractivity (Wildman–Crippen MR) is 91.8 cm³/mol. The van der Waals surface area contributed by atoms with Crippen LogP contribution in [-0.2, 0) is 9.59 Å². The number of hydrogen-bond donors (Lipinski definition) is 1. The van der Waals surface area contributed by atoms with Crippen molar-refractivity contribution < 1.29 is 9.59 Å². The lowest BCUT2D eigenvalue weighted by Crippen LogP contribution is -2.51. The number of amides is 2. The number of hydrogen-bond acceptors (Lipinski definition) is 3. The summed E-state index contributed by atoms with van der Waals surface area (Å²) in [5.74, 6) is 1.20. The van der Waals surface area contributed by atoms with Gasteiger partial charge in [0.2, 0.25) is 11.8 Å². The van der Waals surface area contributed by atoms with Crippen LogP contribution in [0.1, 0.15) is 59.3 Å². The Labute approximate surface area is 140 Å². The highest BCUT2D eigenvalue weighted by Gasteiger charge is 2.36. The van der Waals surface area contributed by atoms with Gasteiger partial charge in [-0.2, -0.15) is 0 Å². The predicted octanol–water partition coefficient (Wildman–Crippen LogP) is 2.00. The van der Waals surface area contributed by atoms with Gasteiger partial charge in [-0.25, -0.2) is 0 Å². The van der Waals surface area contributed by atoms with Gasteiger partial charge in [0.1, 0.15) is 0 Å². The maximum absolute atomic E-state index is 12.4. The maximum Gasteiger partial charge on any atom is 0.234 e. The number of carbonyl (C=O) groups is 2. The minimum absolute atomic E-state index is 0.0895. The molecule has 0 spiro atoms. The third kappa shape index (κ3) is 4.93. The first-order valence-corrected chi connectivity index (χ1v) is 9.21. The quantitative estimate of drug-likeness (QED) is 0.813. The van der Waals surface area contributed by atoms with Gasteiger partial charge < -0.3 is 10.6 Å². The van der Waals surface area contributed by atoms with Gasteiger partial charge >= 0.3 is 0 Å². The molecule has 2 heterocycles. The second kappa shape index (κ2) is 8.13. The topological polar surface area (TPSA) is 66.6 Å². The number of primary amides is 1. The molecule has 132 valence electrons. The van der Waals surface area contributed by atoms with Crippen molar-refractivity contribution in [2.75, 3.05) is 19.6 Å². The summed E-state index contributed by atoms with van der Waals surface area (Å²) in [5.41, 5.74) is 5.52. The number of nitrogens with zero attached hydrogens (tertiary/aromatic N) is 2. The summed E-state index contributed by atoms with van der Waals surface area (Å²) in [6.07, 6.45) is 5.65. The number of likely N-dealkylation sites (tertiary alicyclic amines) is 2. The molecular weight excluding hydrogens is 290 g/mol. The van der Waals surface area contributed by atoms with E-state index in [4.69, 9.17) is 5.73 Å². The molecule has 2 fully saturated rings. The molecule has 5 heteroatoms. The fourth-order valence-electron chi connectivity index (χ4n) is 4.29. The van der Waals surface area contributed by atoms with Gasteiger partial charge in [-0.15, -0.1) is 0 Å². The van der Waals surface area contributed by atoms with E-state index in [0.29, 0.717) is 30.2 Å². The van der Waals surface area contributed by atoms with Crippen LogP contribution in [-0.4, -0.2) is 53.3 Å². The Hall–Kier alpha value is -1.10. The largest absolute Gasteiger partial charge is 0.368 e. The molecule has 2 unspecified atom stereocenters. The van der Waals surface area contributed by atoms with Gasteiger partial charge in [0.05, 0.1) is 6.04 Å². The van der Waals surface area contributed by atoms with Crippen LogP contribution in [0.4, 0.5) is 0 Å². The molecule has 0 aliphatic carbocycles. The molecule has 2 saturated heterocycles. The van der Waals surface area contributed by atoms with Crippen LogP contribution in [0.15, 0.2) is 0 Å². The zero-order chi connectivity index (χ0) is 17.0. The van der Waals surface area contributed by atoms with E-state index >= 15 is 0 Å². The van der Waals surface area contributed by atoms with Crippen molar-refractivity contribution in [2.45, 2.75) is 71.4 Å². The summed E-state index contributed by atoms with van der Waals surface area (Å²) in [6.45, 7) is 9.19. The molecule has 0 radical (unpaired) electrons. The lowest BCUT2D eigenvalue weighted by molar-refractivity contribution is -0.134. The molecule has 0 aromatic rings. The summed E-state index contributed by atoms with van der Waals surface area (Å²) in [6, 6.07) is 0.320. The van der Waals surface area contributed by atoms with Crippen molar-refractivity contribution in [3.05, 3.63) is 0 Å². The second-order valence-electron chi connectivity index (χ2n) is 7.85. The first-order chi connectivity index (χ1) is 10.9. The van der Waals surface area contributed by atoms with Crippen LogP contribution in [0, 0.1) is 11.8 Å². The fraction of sp³-hybridized carbons (Fsp3) is 0.889. The highest BCUT2D eigenvalue weighted by Crippen LogP contribution is 2.26. The summed E-state index contributed by atoms with van der Waals surface area (Å²) in [4.78, 5) is 28.3. The second-order valence-corrected chi connectivity index (χ2v) is 7.85. The average molecular weight is 323 g/mol. The summed E-state index contributed by atoms with van der Waals surface area (Å²) in [7, 11) is 0. The number of piperidine rings is 1. The van der Waals surface area contributed by atoms with Gasteiger partial charge in [-0.05, 0) is 50.5 Å². The Morgan fingerprint density at radius 1 is 1.09 bits per heavy atom. The fourth-order valence-corrected chi connectivity index (χ4v) is 4.29. The van der Waals surface area contributed by atoms with E-state index in [9.17, 15) is 9.59 Å². The molecule has 2 aliphatic rings. The van der Waals surface area contributed by atoms with Crippen molar-refractivity contribution in [1.29, 1.82) is 0 Å². The lowest BCUT2D eigenvalue weighted by atomic mass is 9.94. The van der Waals surface area contributed by atoms with E-state index in [1.165, 1.54) is 0 Å². The normalized spacial score (nSPS) is 25.0. The first-order valence-electron chi connectivity index (χ1n) is 9.21. The third-order valence-corrected chi connectivity index (χ3v) is 5.31. The molecule has 23 heavy (non-hydrogen) atoms. The van der Waals surface area contributed by atoms with Crippen LogP contribution in [0.25, 0.3) is 0 Å². The van der Waals surface area contributed by atoms with Gasteiger partial charge in [-0.1, -0.05) is 20.8 Å². The Morgan fingerprint density at radius 3 is 2.30 bits per heavy atom. The zero-order valence-corrected chi connectivity index (χ0v) is 15.0. The van der Waals surface area contributed by atoms with Gasteiger partial charge in [-0.3, -0.25) is 14.5 Å². The standard InChI is InChI=1S/C18H33N3O2/c1-13(2)11-14(3)12-17(22)20-9-6-15(7-10-20)21-8-4-5-16(21)18(19)23/h13-16H,4-12H2,1-3H3,(H2,19,23). The number of carbonyl (C=O) groups excluding carboxylic acids is 2. The van der Waals surface area contributed by atoms with Crippen molar-refractivity contribution in [2.24, 2.45) is 17.6 Å². The van der Waals surface area contributed by atoms with Gasteiger partial charge in [0, 0.05) is 25.6 Å². The summed E-state index contributed by atoms with van der Waals surface area (Å²) in [5, 5.41) is 0. The molecule has 5 nitrogen and oxygen atoms in total. The van der Waals surface area contributed by atoms with Crippen molar-refractivity contribution in [3.8, 4) is 0 Å². The molecule has 0 aromatic heterocycles. The SMILES string of the molecule is CC(C)CC(C)CC(=O)N1CCC(N2CCCC2C(N)=O)CC1. The van der Waals surface area contributed by atoms with E-state index in [2.05, 4.69) is 25.7 Å². The van der Waals surface area contributed by atoms with Gasteiger partial charge in [0.25, 0.3) is 0 Å². The van der Waals surface area contributed by atoms with Crippen molar-refractivity contribution >= 4 is 11.8 Å². The molecule has 2 rings (SSSR count). The van der Waals surface area contributed by atoms with Crippen molar-refractivity contribution in [3.63, 3.8) is 0 Å². The molecule has 0 bridgehead atoms. The summed E-state index contributed by atoms with van der Waals surface area (Å²) >= 11 is 0. The highest BCUT2D eigenvalue weighted by molar-refractivity contribution is 5.80.